The number of esters is 1. The van der Waals surface area contributed by atoms with Gasteiger partial charge in [0.1, 0.15) is 0 Å². The van der Waals surface area contributed by atoms with Gasteiger partial charge in [0.15, 0.2) is 0 Å². The number of hydrogen-bond donors (Lipinski definition) is 0. The molecule has 0 saturated heterocycles. The number of allylic oxidation sites excluding steroid dienone is 1. The molecule has 0 bridgehead atoms. The lowest BCUT2D eigenvalue weighted by molar-refractivity contribution is -0.137. The first-order chi connectivity index (χ1) is 9.08. The van der Waals surface area contributed by atoms with Crippen molar-refractivity contribution in [2.24, 2.45) is 0 Å². The quantitative estimate of drug-likeness (QED) is 0.511. The molecule has 0 radical (unpaired) electrons. The Morgan fingerprint density at radius 3 is 2.26 bits per heavy atom. The SMILES string of the molecule is CC/C=C/c1cc(Br)c(/C=C/C(=O)OCC)cc1Br. The zero-order chi connectivity index (χ0) is 14.3. The molecule has 2 nitrogen and oxygen atoms in total. The van der Waals surface area contributed by atoms with Crippen LogP contribution in [0.5, 0.6) is 0 Å². The molecule has 102 valence electrons. The van der Waals surface area contributed by atoms with Gasteiger partial charge in [-0.15, -0.1) is 0 Å². The molecule has 0 saturated carbocycles. The van der Waals surface area contributed by atoms with E-state index in [1.807, 2.05) is 12.1 Å². The van der Waals surface area contributed by atoms with Crippen molar-refractivity contribution < 1.29 is 9.53 Å². The van der Waals surface area contributed by atoms with Crippen molar-refractivity contribution in [3.05, 3.63) is 44.4 Å². The fraction of sp³-hybridized carbons (Fsp3) is 0.267. The molecular weight excluding hydrogens is 372 g/mol. The molecule has 19 heavy (non-hydrogen) atoms. The van der Waals surface area contributed by atoms with Gasteiger partial charge in [-0.1, -0.05) is 50.9 Å². The number of rotatable bonds is 5. The van der Waals surface area contributed by atoms with Gasteiger partial charge in [-0.05, 0) is 42.7 Å². The van der Waals surface area contributed by atoms with Crippen molar-refractivity contribution in [1.82, 2.24) is 0 Å². The summed E-state index contributed by atoms with van der Waals surface area (Å²) in [6, 6.07) is 3.98. The van der Waals surface area contributed by atoms with Crippen LogP contribution in [-0.2, 0) is 9.53 Å². The van der Waals surface area contributed by atoms with E-state index >= 15 is 0 Å². The number of ether oxygens (including phenoxy) is 1. The third kappa shape index (κ3) is 5.33. The first-order valence-corrected chi connectivity index (χ1v) is 7.67. The largest absolute Gasteiger partial charge is 0.463 e. The molecule has 0 aliphatic carbocycles. The van der Waals surface area contributed by atoms with Gasteiger partial charge in [-0.25, -0.2) is 4.79 Å². The molecule has 0 aliphatic heterocycles. The van der Waals surface area contributed by atoms with Gasteiger partial charge < -0.3 is 4.74 Å². The Balaban J connectivity index is 2.95. The third-order valence-corrected chi connectivity index (χ3v) is 3.71. The summed E-state index contributed by atoms with van der Waals surface area (Å²) in [6.45, 7) is 4.26. The van der Waals surface area contributed by atoms with Crippen LogP contribution in [0.4, 0.5) is 0 Å². The average Bonchev–Trinajstić information content (AvgIpc) is 2.38. The highest BCUT2D eigenvalue weighted by Crippen LogP contribution is 2.28. The van der Waals surface area contributed by atoms with Crippen LogP contribution >= 0.6 is 31.9 Å². The second kappa shape index (κ2) is 8.33. The predicted molar refractivity (Wildman–Crippen MR) is 86.8 cm³/mol. The Morgan fingerprint density at radius 2 is 1.74 bits per heavy atom. The predicted octanol–water partition coefficient (Wildman–Crippen LogP) is 5.21. The summed E-state index contributed by atoms with van der Waals surface area (Å²) in [7, 11) is 0. The summed E-state index contributed by atoms with van der Waals surface area (Å²) in [6.07, 6.45) is 8.32. The number of hydrogen-bond acceptors (Lipinski definition) is 2. The van der Waals surface area contributed by atoms with E-state index in [0.29, 0.717) is 6.61 Å². The maximum Gasteiger partial charge on any atom is 0.330 e. The summed E-state index contributed by atoms with van der Waals surface area (Å²) < 4.78 is 6.77. The smallest absolute Gasteiger partial charge is 0.330 e. The van der Waals surface area contributed by atoms with Crippen molar-refractivity contribution in [3.8, 4) is 0 Å². The Bertz CT molecular complexity index is 505. The Hall–Kier alpha value is -0.870. The van der Waals surface area contributed by atoms with E-state index in [9.17, 15) is 4.79 Å². The molecule has 0 N–H and O–H groups in total. The first-order valence-electron chi connectivity index (χ1n) is 6.08. The third-order valence-electron chi connectivity index (χ3n) is 2.33. The van der Waals surface area contributed by atoms with Crippen molar-refractivity contribution in [2.75, 3.05) is 6.61 Å². The number of carbonyl (C=O) groups is 1. The van der Waals surface area contributed by atoms with E-state index in [1.165, 1.54) is 6.08 Å². The molecule has 1 aromatic rings. The molecule has 1 rings (SSSR count). The molecule has 4 heteroatoms. The Morgan fingerprint density at radius 1 is 1.16 bits per heavy atom. The number of carbonyl (C=O) groups excluding carboxylic acids is 1. The van der Waals surface area contributed by atoms with Crippen molar-refractivity contribution in [1.29, 1.82) is 0 Å². The summed E-state index contributed by atoms with van der Waals surface area (Å²) in [5, 5.41) is 0. The lowest BCUT2D eigenvalue weighted by atomic mass is 10.1. The first kappa shape index (κ1) is 16.2. The molecule has 0 heterocycles. The van der Waals surface area contributed by atoms with Crippen molar-refractivity contribution >= 4 is 50.0 Å². The Labute approximate surface area is 130 Å². The standard InChI is InChI=1S/C15H16Br2O2/c1-3-5-6-11-9-14(17)12(10-13(11)16)7-8-15(18)19-4-2/h5-10H,3-4H2,1-2H3/b6-5+,8-7+. The summed E-state index contributed by atoms with van der Waals surface area (Å²) in [4.78, 5) is 11.3. The highest BCUT2D eigenvalue weighted by Gasteiger charge is 2.03. The van der Waals surface area contributed by atoms with Crippen LogP contribution in [0.25, 0.3) is 12.2 Å². The van der Waals surface area contributed by atoms with Crippen molar-refractivity contribution in [2.45, 2.75) is 20.3 Å². The second-order valence-electron chi connectivity index (χ2n) is 3.79. The second-order valence-corrected chi connectivity index (χ2v) is 5.50. The average molecular weight is 388 g/mol. The molecule has 0 unspecified atom stereocenters. The molecule has 1 aromatic carbocycles. The topological polar surface area (TPSA) is 26.3 Å². The van der Waals surface area contributed by atoms with Gasteiger partial charge in [0.05, 0.1) is 6.61 Å². The molecule has 0 aromatic heterocycles. The highest BCUT2D eigenvalue weighted by atomic mass is 79.9. The Kier molecular flexibility index (Phi) is 7.10. The van der Waals surface area contributed by atoms with Crippen LogP contribution in [0.1, 0.15) is 31.4 Å². The zero-order valence-corrected chi connectivity index (χ0v) is 14.1. The van der Waals surface area contributed by atoms with Gasteiger partial charge in [-0.3, -0.25) is 0 Å². The molecule has 0 aliphatic rings. The molecule has 0 atom stereocenters. The molecule has 0 spiro atoms. The van der Waals surface area contributed by atoms with Gasteiger partial charge in [0, 0.05) is 15.0 Å². The van der Waals surface area contributed by atoms with Gasteiger partial charge in [-0.2, -0.15) is 0 Å². The summed E-state index contributed by atoms with van der Waals surface area (Å²) in [5.41, 5.74) is 2.02. The minimum atomic E-state index is -0.333. The maximum absolute atomic E-state index is 11.3. The zero-order valence-electron chi connectivity index (χ0n) is 11.0. The highest BCUT2D eigenvalue weighted by molar-refractivity contribution is 9.11. The van der Waals surface area contributed by atoms with Crippen LogP contribution in [0.2, 0.25) is 0 Å². The van der Waals surface area contributed by atoms with E-state index in [2.05, 4.69) is 50.9 Å². The van der Waals surface area contributed by atoms with E-state index in [0.717, 1.165) is 26.5 Å². The van der Waals surface area contributed by atoms with E-state index in [1.54, 1.807) is 13.0 Å². The maximum atomic E-state index is 11.3. The van der Waals surface area contributed by atoms with E-state index in [4.69, 9.17) is 4.74 Å². The molecule has 0 fully saturated rings. The van der Waals surface area contributed by atoms with E-state index < -0.39 is 0 Å². The van der Waals surface area contributed by atoms with Gasteiger partial charge in [0.2, 0.25) is 0 Å². The van der Waals surface area contributed by atoms with Gasteiger partial charge >= 0.3 is 5.97 Å². The van der Waals surface area contributed by atoms with Crippen LogP contribution in [0, 0.1) is 0 Å². The van der Waals surface area contributed by atoms with Crippen molar-refractivity contribution in [3.63, 3.8) is 0 Å². The normalized spacial score (nSPS) is 11.4. The van der Waals surface area contributed by atoms with Gasteiger partial charge in [0.25, 0.3) is 0 Å². The van der Waals surface area contributed by atoms with E-state index in [-0.39, 0.29) is 5.97 Å². The minimum Gasteiger partial charge on any atom is -0.463 e. The minimum absolute atomic E-state index is 0.333. The molecular formula is C15H16Br2O2. The van der Waals surface area contributed by atoms with Crippen LogP contribution in [-0.4, -0.2) is 12.6 Å². The number of halogens is 2. The number of benzene rings is 1. The fourth-order valence-corrected chi connectivity index (χ4v) is 2.41. The lowest BCUT2D eigenvalue weighted by Gasteiger charge is -2.04. The van der Waals surface area contributed by atoms with Crippen LogP contribution in [0.15, 0.2) is 33.2 Å². The monoisotopic (exact) mass is 386 g/mol. The fourth-order valence-electron chi connectivity index (χ4n) is 1.43. The molecule has 0 amide bonds. The summed E-state index contributed by atoms with van der Waals surface area (Å²) >= 11 is 7.03. The van der Waals surface area contributed by atoms with Crippen LogP contribution in [0.3, 0.4) is 0 Å². The lowest BCUT2D eigenvalue weighted by Crippen LogP contribution is -1.98. The van der Waals surface area contributed by atoms with Crippen LogP contribution < -0.4 is 0 Å². The summed E-state index contributed by atoms with van der Waals surface area (Å²) in [5.74, 6) is -0.333.